The van der Waals surface area contributed by atoms with Gasteiger partial charge >= 0.3 is 6.03 Å². The van der Waals surface area contributed by atoms with Gasteiger partial charge in [0.25, 0.3) is 0 Å². The van der Waals surface area contributed by atoms with E-state index >= 15 is 0 Å². The molecule has 0 aliphatic carbocycles. The highest BCUT2D eigenvalue weighted by molar-refractivity contribution is 5.73. The number of rotatable bonds is 6. The first-order chi connectivity index (χ1) is 6.87. The predicted molar refractivity (Wildman–Crippen MR) is 61.9 cm³/mol. The van der Waals surface area contributed by atoms with Gasteiger partial charge in [0.15, 0.2) is 0 Å². The van der Waals surface area contributed by atoms with E-state index in [0.717, 1.165) is 19.3 Å². The van der Waals surface area contributed by atoms with Crippen LogP contribution in [0, 0.1) is 0 Å². The van der Waals surface area contributed by atoms with Crippen molar-refractivity contribution >= 4 is 6.03 Å². The average molecular weight is 216 g/mol. The first kappa shape index (κ1) is 14.2. The molecule has 0 fully saturated rings. The van der Waals surface area contributed by atoms with Crippen molar-refractivity contribution in [1.82, 2.24) is 10.2 Å². The average Bonchev–Trinajstić information content (AvgIpc) is 2.09. The summed E-state index contributed by atoms with van der Waals surface area (Å²) in [6.07, 6.45) is 3.30. The Hall–Kier alpha value is -0.770. The lowest BCUT2D eigenvalue weighted by Crippen LogP contribution is -2.44. The largest absolute Gasteiger partial charge is 0.389 e. The molecule has 0 heterocycles. The van der Waals surface area contributed by atoms with Crippen LogP contribution in [0.15, 0.2) is 0 Å². The number of carbonyl (C=O) groups excluding carboxylic acids is 1. The third-order valence-electron chi connectivity index (χ3n) is 2.03. The highest BCUT2D eigenvalue weighted by Crippen LogP contribution is 2.03. The maximum Gasteiger partial charge on any atom is 0.317 e. The van der Waals surface area contributed by atoms with Gasteiger partial charge in [-0.15, -0.1) is 0 Å². The maximum atomic E-state index is 11.5. The lowest BCUT2D eigenvalue weighted by atomic mass is 10.1. The fourth-order valence-electron chi connectivity index (χ4n) is 1.36. The zero-order valence-electron chi connectivity index (χ0n) is 10.3. The molecule has 0 aromatic rings. The number of nitrogens with one attached hydrogen (secondary N) is 1. The number of nitrogens with zero attached hydrogens (tertiary/aromatic N) is 1. The number of likely N-dealkylation sites (N-methyl/N-ethyl adjacent to an activating group) is 1. The van der Waals surface area contributed by atoms with Crippen molar-refractivity contribution in [2.75, 3.05) is 20.1 Å². The summed E-state index contributed by atoms with van der Waals surface area (Å²) in [5, 5.41) is 12.3. The fourth-order valence-corrected chi connectivity index (χ4v) is 1.36. The second-order valence-electron chi connectivity index (χ2n) is 4.61. The molecule has 0 unspecified atom stereocenters. The minimum Gasteiger partial charge on any atom is -0.389 e. The van der Waals surface area contributed by atoms with Gasteiger partial charge in [0.1, 0.15) is 0 Å². The summed E-state index contributed by atoms with van der Waals surface area (Å²) in [6.45, 7) is 6.55. The van der Waals surface area contributed by atoms with Crippen LogP contribution in [-0.4, -0.2) is 41.8 Å². The Labute approximate surface area is 92.7 Å². The molecule has 2 N–H and O–H groups in total. The summed E-state index contributed by atoms with van der Waals surface area (Å²) in [5.74, 6) is 0. The van der Waals surface area contributed by atoms with Gasteiger partial charge < -0.3 is 15.3 Å². The van der Waals surface area contributed by atoms with Gasteiger partial charge in [-0.25, -0.2) is 4.79 Å². The normalized spacial score (nSPS) is 11.3. The van der Waals surface area contributed by atoms with Crippen molar-refractivity contribution in [1.29, 1.82) is 0 Å². The van der Waals surface area contributed by atoms with Gasteiger partial charge in [-0.05, 0) is 20.3 Å². The standard InChI is InChI=1S/C11H24N2O2/c1-5-6-7-8-12-10(14)13(4)9-11(2,3)15/h15H,5-9H2,1-4H3,(H,12,14). The molecule has 4 heteroatoms. The van der Waals surface area contributed by atoms with Gasteiger partial charge in [-0.2, -0.15) is 0 Å². The van der Waals surface area contributed by atoms with E-state index in [1.165, 1.54) is 4.90 Å². The summed E-state index contributed by atoms with van der Waals surface area (Å²) < 4.78 is 0. The van der Waals surface area contributed by atoms with Crippen molar-refractivity contribution in [3.63, 3.8) is 0 Å². The number of aliphatic hydroxyl groups is 1. The van der Waals surface area contributed by atoms with Gasteiger partial charge in [-0.3, -0.25) is 0 Å². The molecule has 0 radical (unpaired) electrons. The summed E-state index contributed by atoms with van der Waals surface area (Å²) in [7, 11) is 1.69. The van der Waals surface area contributed by atoms with E-state index in [2.05, 4.69) is 12.2 Å². The molecular formula is C11H24N2O2. The molecule has 0 aliphatic heterocycles. The van der Waals surface area contributed by atoms with E-state index in [1.54, 1.807) is 20.9 Å². The Balaban J connectivity index is 3.70. The van der Waals surface area contributed by atoms with Crippen molar-refractivity contribution in [2.45, 2.75) is 45.6 Å². The summed E-state index contributed by atoms with van der Waals surface area (Å²) >= 11 is 0. The van der Waals surface area contributed by atoms with Crippen LogP contribution < -0.4 is 5.32 Å². The molecular weight excluding hydrogens is 192 g/mol. The Morgan fingerprint density at radius 1 is 1.40 bits per heavy atom. The van der Waals surface area contributed by atoms with Crippen molar-refractivity contribution < 1.29 is 9.90 Å². The lowest BCUT2D eigenvalue weighted by molar-refractivity contribution is 0.0532. The zero-order valence-corrected chi connectivity index (χ0v) is 10.3. The van der Waals surface area contributed by atoms with E-state index in [9.17, 15) is 9.90 Å². The highest BCUT2D eigenvalue weighted by atomic mass is 16.3. The molecule has 0 saturated heterocycles. The lowest BCUT2D eigenvalue weighted by Gasteiger charge is -2.25. The Kier molecular flexibility index (Phi) is 6.32. The van der Waals surface area contributed by atoms with Gasteiger partial charge in [0, 0.05) is 13.6 Å². The van der Waals surface area contributed by atoms with Crippen molar-refractivity contribution in [2.24, 2.45) is 0 Å². The number of amides is 2. The molecule has 4 nitrogen and oxygen atoms in total. The molecule has 0 aromatic heterocycles. The monoisotopic (exact) mass is 216 g/mol. The molecule has 0 spiro atoms. The fraction of sp³-hybridized carbons (Fsp3) is 0.909. The Morgan fingerprint density at radius 3 is 2.47 bits per heavy atom. The van der Waals surface area contributed by atoms with E-state index in [-0.39, 0.29) is 6.03 Å². The van der Waals surface area contributed by atoms with Gasteiger partial charge in [0.2, 0.25) is 0 Å². The maximum absolute atomic E-state index is 11.5. The number of urea groups is 1. The molecule has 0 bridgehead atoms. The van der Waals surface area contributed by atoms with Crippen LogP contribution in [0.3, 0.4) is 0 Å². The molecule has 2 amide bonds. The number of unbranched alkanes of at least 4 members (excludes halogenated alkanes) is 2. The molecule has 0 saturated carbocycles. The van der Waals surface area contributed by atoms with E-state index < -0.39 is 5.60 Å². The van der Waals surface area contributed by atoms with Crippen molar-refractivity contribution in [3.8, 4) is 0 Å². The molecule has 0 aliphatic rings. The van der Waals surface area contributed by atoms with E-state index in [4.69, 9.17) is 0 Å². The van der Waals surface area contributed by atoms with Crippen LogP contribution in [-0.2, 0) is 0 Å². The van der Waals surface area contributed by atoms with Crippen LogP contribution in [0.1, 0.15) is 40.0 Å². The van der Waals surface area contributed by atoms with Crippen LogP contribution in [0.5, 0.6) is 0 Å². The minimum atomic E-state index is -0.838. The second-order valence-corrected chi connectivity index (χ2v) is 4.61. The van der Waals surface area contributed by atoms with Crippen LogP contribution >= 0.6 is 0 Å². The smallest absolute Gasteiger partial charge is 0.317 e. The number of carbonyl (C=O) groups is 1. The van der Waals surface area contributed by atoms with Crippen LogP contribution in [0.25, 0.3) is 0 Å². The second kappa shape index (κ2) is 6.67. The summed E-state index contributed by atoms with van der Waals surface area (Å²) in [5.41, 5.74) is -0.838. The Morgan fingerprint density at radius 2 is 2.00 bits per heavy atom. The number of hydrogen-bond donors (Lipinski definition) is 2. The first-order valence-corrected chi connectivity index (χ1v) is 5.58. The summed E-state index contributed by atoms with van der Waals surface area (Å²) in [4.78, 5) is 13.0. The number of hydrogen-bond acceptors (Lipinski definition) is 2. The minimum absolute atomic E-state index is 0.117. The predicted octanol–water partition coefficient (Wildman–Crippen LogP) is 1.59. The summed E-state index contributed by atoms with van der Waals surface area (Å²) in [6, 6.07) is -0.117. The topological polar surface area (TPSA) is 52.6 Å². The van der Waals surface area contributed by atoms with Crippen molar-refractivity contribution in [3.05, 3.63) is 0 Å². The van der Waals surface area contributed by atoms with Gasteiger partial charge in [-0.1, -0.05) is 19.8 Å². The zero-order chi connectivity index (χ0) is 11.9. The van der Waals surface area contributed by atoms with Crippen LogP contribution in [0.2, 0.25) is 0 Å². The third kappa shape index (κ3) is 8.24. The van der Waals surface area contributed by atoms with Crippen LogP contribution in [0.4, 0.5) is 4.79 Å². The van der Waals surface area contributed by atoms with E-state index in [1.807, 2.05) is 0 Å². The Bertz CT molecular complexity index is 188. The molecule has 90 valence electrons. The third-order valence-corrected chi connectivity index (χ3v) is 2.03. The highest BCUT2D eigenvalue weighted by Gasteiger charge is 2.18. The van der Waals surface area contributed by atoms with Gasteiger partial charge in [0.05, 0.1) is 12.1 Å². The molecule has 15 heavy (non-hydrogen) atoms. The van der Waals surface area contributed by atoms with E-state index in [0.29, 0.717) is 13.1 Å². The molecule has 0 aromatic carbocycles. The first-order valence-electron chi connectivity index (χ1n) is 5.58. The molecule has 0 rings (SSSR count). The molecule has 0 atom stereocenters. The quantitative estimate of drug-likeness (QED) is 0.662. The SMILES string of the molecule is CCCCCNC(=O)N(C)CC(C)(C)O.